The highest BCUT2D eigenvalue weighted by atomic mass is 35.5. The Kier molecular flexibility index (Phi) is 15.9. The predicted octanol–water partition coefficient (Wildman–Crippen LogP) is 11.9. The highest BCUT2D eigenvalue weighted by Gasteiger charge is 2.39. The third-order valence-electron chi connectivity index (χ3n) is 9.00. The van der Waals surface area contributed by atoms with Crippen LogP contribution in [-0.4, -0.2) is 27.0 Å². The number of rotatable bonds is 21. The molecule has 0 bridgehead atoms. The lowest BCUT2D eigenvalue weighted by molar-refractivity contribution is -0.117. The number of unbranched alkanes of at least 4 members (excludes halogenated alkanes) is 15. The summed E-state index contributed by atoms with van der Waals surface area (Å²) in [7, 11) is 0. The van der Waals surface area contributed by atoms with Crippen LogP contribution < -0.4 is 15.4 Å². The zero-order chi connectivity index (χ0) is 34.5. The van der Waals surface area contributed by atoms with Crippen LogP contribution in [0.1, 0.15) is 122 Å². The summed E-state index contributed by atoms with van der Waals surface area (Å²) in [6.07, 6.45) is 21.2. The number of aryl methyl sites for hydroxylation is 1. The Hall–Kier alpha value is -2.29. The lowest BCUT2D eigenvalue weighted by Crippen LogP contribution is -2.49. The smallest absolute Gasteiger partial charge is 0.245 e. The lowest BCUT2D eigenvalue weighted by Gasteiger charge is -2.33. The van der Waals surface area contributed by atoms with Crippen LogP contribution in [0, 0.1) is 0 Å². The van der Waals surface area contributed by atoms with Gasteiger partial charge in [0.1, 0.15) is 6.17 Å². The van der Waals surface area contributed by atoms with Crippen LogP contribution in [0.3, 0.4) is 0 Å². The van der Waals surface area contributed by atoms with E-state index in [9.17, 15) is 15.0 Å². The van der Waals surface area contributed by atoms with Crippen molar-refractivity contribution in [3.63, 3.8) is 0 Å². The average molecular weight is 741 g/mol. The first-order valence-electron chi connectivity index (χ1n) is 17.6. The van der Waals surface area contributed by atoms with Crippen LogP contribution in [0.15, 0.2) is 42.5 Å². The molecule has 1 unspecified atom stereocenters. The Bertz CT molecular complexity index is 1420. The van der Waals surface area contributed by atoms with Crippen molar-refractivity contribution >= 4 is 63.7 Å². The molecule has 0 spiro atoms. The molecule has 0 saturated carbocycles. The topological polar surface area (TPSA) is 81.0 Å². The highest BCUT2D eigenvalue weighted by Crippen LogP contribution is 2.40. The van der Waals surface area contributed by atoms with Crippen molar-refractivity contribution in [2.45, 2.75) is 129 Å². The van der Waals surface area contributed by atoms with Crippen LogP contribution in [0.2, 0.25) is 20.1 Å². The molecular weight excluding hydrogens is 690 g/mol. The monoisotopic (exact) mass is 738 g/mol. The molecule has 7 nitrogen and oxygen atoms in total. The van der Waals surface area contributed by atoms with Gasteiger partial charge >= 0.3 is 0 Å². The molecule has 11 heteroatoms. The number of carbonyl (C=O) groups excluding carboxylic acids is 1. The number of amides is 1. The van der Waals surface area contributed by atoms with Crippen molar-refractivity contribution in [1.82, 2.24) is 10.1 Å². The van der Waals surface area contributed by atoms with Gasteiger partial charge in [0.15, 0.2) is 0 Å². The third kappa shape index (κ3) is 10.9. The van der Waals surface area contributed by atoms with Crippen LogP contribution in [0.4, 0.5) is 11.4 Å². The molecule has 4 rings (SSSR count). The second-order valence-electron chi connectivity index (χ2n) is 12.8. The number of nitrogens with one attached hydrogen (secondary N) is 1. The number of hydrogen-bond acceptors (Lipinski definition) is 5. The number of carbonyl (C=O) groups is 1. The van der Waals surface area contributed by atoms with Crippen LogP contribution >= 0.6 is 46.4 Å². The van der Waals surface area contributed by atoms with E-state index in [0.717, 1.165) is 24.8 Å². The van der Waals surface area contributed by atoms with Gasteiger partial charge in [-0.2, -0.15) is 4.68 Å². The van der Waals surface area contributed by atoms with Gasteiger partial charge < -0.3 is 10.2 Å². The molecule has 0 aliphatic carbocycles. The number of nitrogens with zero attached hydrogens (tertiary/aromatic N) is 3. The molecule has 2 aromatic carbocycles. The van der Waals surface area contributed by atoms with Gasteiger partial charge in [-0.15, -0.1) is 0 Å². The number of anilines is 2. The molecule has 0 radical (unpaired) electrons. The van der Waals surface area contributed by atoms with Crippen molar-refractivity contribution in [3.8, 4) is 11.8 Å². The second kappa shape index (κ2) is 19.8. The predicted molar refractivity (Wildman–Crippen MR) is 201 cm³/mol. The number of benzene rings is 2. The van der Waals surface area contributed by atoms with Gasteiger partial charge in [0.05, 0.1) is 32.9 Å². The number of hydrazine groups is 1. The molecule has 1 aliphatic heterocycles. The Balaban J connectivity index is 1.30. The maximum atomic E-state index is 13.3. The molecule has 1 amide bonds. The molecule has 1 aliphatic rings. The first-order valence-corrected chi connectivity index (χ1v) is 19.1. The first kappa shape index (κ1) is 38.5. The van der Waals surface area contributed by atoms with Gasteiger partial charge in [-0.25, -0.2) is 10.4 Å². The molecule has 1 aromatic heterocycles. The summed E-state index contributed by atoms with van der Waals surface area (Å²) in [6.45, 7) is 2.27. The average Bonchev–Trinajstić information content (AvgIpc) is 3.58. The fraction of sp³-hybridized carbons (Fsp3) is 0.541. The van der Waals surface area contributed by atoms with E-state index in [1.54, 1.807) is 5.01 Å². The molecule has 2 heterocycles. The lowest BCUT2D eigenvalue weighted by atomic mass is 10.0. The van der Waals surface area contributed by atoms with Gasteiger partial charge in [-0.05, 0) is 42.7 Å². The van der Waals surface area contributed by atoms with Gasteiger partial charge in [-0.1, -0.05) is 156 Å². The van der Waals surface area contributed by atoms with E-state index in [0.29, 0.717) is 15.7 Å². The van der Waals surface area contributed by atoms with E-state index in [1.807, 2.05) is 18.2 Å². The Labute approximate surface area is 306 Å². The molecule has 3 N–H and O–H groups in total. The fourth-order valence-electron chi connectivity index (χ4n) is 6.41. The van der Waals surface area contributed by atoms with Crippen molar-refractivity contribution in [2.24, 2.45) is 0 Å². The second-order valence-corrected chi connectivity index (χ2v) is 14.5. The number of aromatic hydroxyl groups is 2. The minimum atomic E-state index is -0.757. The van der Waals surface area contributed by atoms with Crippen molar-refractivity contribution in [2.75, 3.05) is 10.0 Å². The van der Waals surface area contributed by atoms with Crippen molar-refractivity contribution < 1.29 is 15.0 Å². The third-order valence-corrected chi connectivity index (χ3v) is 10.1. The zero-order valence-corrected chi connectivity index (χ0v) is 31.0. The molecule has 264 valence electrons. The van der Waals surface area contributed by atoms with E-state index in [4.69, 9.17) is 46.4 Å². The van der Waals surface area contributed by atoms with Gasteiger partial charge in [-0.3, -0.25) is 9.80 Å². The Morgan fingerprint density at radius 3 is 1.73 bits per heavy atom. The molecular formula is C37H50Cl4N4O3. The van der Waals surface area contributed by atoms with E-state index in [-0.39, 0.29) is 39.8 Å². The summed E-state index contributed by atoms with van der Waals surface area (Å²) in [4.78, 5) is 13.3. The summed E-state index contributed by atoms with van der Waals surface area (Å²) in [5.74, 6) is -0.758. The molecule has 1 atom stereocenters. The van der Waals surface area contributed by atoms with E-state index < -0.39 is 6.17 Å². The number of hydrogen-bond donors (Lipinski definition) is 3. The van der Waals surface area contributed by atoms with Crippen molar-refractivity contribution in [1.29, 1.82) is 0 Å². The van der Waals surface area contributed by atoms with Crippen LogP contribution in [-0.2, 0) is 11.2 Å². The SMILES string of the molecule is CCCCCCCCCCCCCCCCCCc1ccc(Cl)c(N(C2CC(=O)N(c3c(Cl)cc(Cl)cc3Cl)N2)n2c(O)ccc2O)c1. The van der Waals surface area contributed by atoms with E-state index in [2.05, 4.69) is 12.3 Å². The summed E-state index contributed by atoms with van der Waals surface area (Å²) >= 11 is 25.7. The van der Waals surface area contributed by atoms with Gasteiger partial charge in [0.25, 0.3) is 0 Å². The maximum absolute atomic E-state index is 13.3. The number of aromatic nitrogens is 1. The van der Waals surface area contributed by atoms with Gasteiger partial charge in [0, 0.05) is 17.2 Å². The summed E-state index contributed by atoms with van der Waals surface area (Å²) in [5, 5.41) is 25.5. The largest absolute Gasteiger partial charge is 0.493 e. The normalized spacial score (nSPS) is 14.7. The first-order chi connectivity index (χ1) is 23.2. The summed E-state index contributed by atoms with van der Waals surface area (Å²) < 4.78 is 1.22. The Morgan fingerprint density at radius 2 is 1.21 bits per heavy atom. The highest BCUT2D eigenvalue weighted by molar-refractivity contribution is 6.42. The molecule has 48 heavy (non-hydrogen) atoms. The van der Waals surface area contributed by atoms with Crippen LogP contribution in [0.5, 0.6) is 11.8 Å². The quantitative estimate of drug-likeness (QED) is 0.0948. The minimum Gasteiger partial charge on any atom is -0.493 e. The van der Waals surface area contributed by atoms with E-state index >= 15 is 0 Å². The summed E-state index contributed by atoms with van der Waals surface area (Å²) in [6, 6.07) is 11.5. The van der Waals surface area contributed by atoms with Crippen molar-refractivity contribution in [3.05, 3.63) is 68.1 Å². The van der Waals surface area contributed by atoms with Crippen LogP contribution in [0.25, 0.3) is 0 Å². The van der Waals surface area contributed by atoms with E-state index in [1.165, 1.54) is 124 Å². The molecule has 1 fully saturated rings. The zero-order valence-electron chi connectivity index (χ0n) is 28.0. The molecule has 3 aromatic rings. The minimum absolute atomic E-state index is 0.0357. The molecule has 1 saturated heterocycles. The Morgan fingerprint density at radius 1 is 0.708 bits per heavy atom. The maximum Gasteiger partial charge on any atom is 0.245 e. The number of halogens is 4. The summed E-state index contributed by atoms with van der Waals surface area (Å²) in [5.41, 5.74) is 5.00. The fourth-order valence-corrected chi connectivity index (χ4v) is 7.60. The van der Waals surface area contributed by atoms with Gasteiger partial charge in [0.2, 0.25) is 17.7 Å². The standard InChI is InChI=1S/C37H50Cl4N4O3/c1-2-3-4-5-6-7-8-9-10-11-12-13-14-15-16-17-18-27-19-20-29(39)32(23-27)44(45-34(46)21-22-35(45)47)33-26-36(48)43(42-33)37-30(40)24-28(38)25-31(37)41/h19-25,33,42,46-47H,2-18,26H2,1H3.